The van der Waals surface area contributed by atoms with E-state index in [0.29, 0.717) is 17.4 Å². The maximum atomic E-state index is 11.2. The molecule has 4 nitrogen and oxygen atoms in total. The van der Waals surface area contributed by atoms with Gasteiger partial charge in [0.1, 0.15) is 11.5 Å². The van der Waals surface area contributed by atoms with Crippen molar-refractivity contribution in [2.45, 2.75) is 39.5 Å². The van der Waals surface area contributed by atoms with Crippen LogP contribution in [0.3, 0.4) is 0 Å². The van der Waals surface area contributed by atoms with Gasteiger partial charge in [0.15, 0.2) is 0 Å². The Morgan fingerprint density at radius 1 is 0.786 bits per heavy atom. The van der Waals surface area contributed by atoms with Crippen LogP contribution < -0.4 is 9.47 Å². The normalized spacial score (nSPS) is 20.1. The third-order valence-electron chi connectivity index (χ3n) is 5.67. The number of hydrogen-bond acceptors (Lipinski definition) is 4. The summed E-state index contributed by atoms with van der Waals surface area (Å²) in [5.74, 6) is 1.93. The van der Waals surface area contributed by atoms with Gasteiger partial charge in [-0.1, -0.05) is 29.8 Å². The van der Waals surface area contributed by atoms with Crippen LogP contribution in [0.4, 0.5) is 0 Å². The molecule has 2 bridgehead atoms. The van der Waals surface area contributed by atoms with Crippen molar-refractivity contribution < 1.29 is 19.1 Å². The quantitative estimate of drug-likeness (QED) is 0.546. The minimum atomic E-state index is -0.319. The van der Waals surface area contributed by atoms with Gasteiger partial charge in [0.2, 0.25) is 0 Å². The fourth-order valence-corrected chi connectivity index (χ4v) is 4.61. The topological polar surface area (TPSA) is 52.6 Å². The molecule has 0 aromatic heterocycles. The van der Waals surface area contributed by atoms with Crippen molar-refractivity contribution >= 4 is 17.5 Å². The van der Waals surface area contributed by atoms with Crippen LogP contribution in [0.1, 0.15) is 50.7 Å². The van der Waals surface area contributed by atoms with E-state index in [1.54, 1.807) is 0 Å². The molecule has 28 heavy (non-hydrogen) atoms. The third-order valence-corrected chi connectivity index (χ3v) is 5.67. The molecule has 0 heterocycles. The highest BCUT2D eigenvalue weighted by atomic mass is 16.5. The first-order valence-corrected chi connectivity index (χ1v) is 9.80. The summed E-state index contributed by atoms with van der Waals surface area (Å²) in [7, 11) is 0. The molecule has 0 saturated heterocycles. The first kappa shape index (κ1) is 18.5. The summed E-state index contributed by atoms with van der Waals surface area (Å²) in [6.07, 6.45) is 5.03. The number of esters is 2. The van der Waals surface area contributed by atoms with E-state index >= 15 is 0 Å². The van der Waals surface area contributed by atoms with Gasteiger partial charge in [-0.25, -0.2) is 0 Å². The highest BCUT2D eigenvalue weighted by molar-refractivity contribution is 5.83. The number of carbonyl (C=O) groups excluding carboxylic acids is 2. The molecule has 2 saturated carbocycles. The molecule has 2 aromatic carbocycles. The molecule has 2 atom stereocenters. The monoisotopic (exact) mass is 376 g/mol. The van der Waals surface area contributed by atoms with E-state index in [-0.39, 0.29) is 11.9 Å². The van der Waals surface area contributed by atoms with Crippen molar-refractivity contribution in [1.82, 2.24) is 0 Å². The number of rotatable bonds is 4. The second kappa shape index (κ2) is 7.63. The Morgan fingerprint density at radius 3 is 1.64 bits per heavy atom. The lowest BCUT2D eigenvalue weighted by Gasteiger charge is -2.20. The van der Waals surface area contributed by atoms with Crippen LogP contribution >= 0.6 is 0 Å². The molecule has 0 N–H and O–H groups in total. The van der Waals surface area contributed by atoms with Crippen LogP contribution in [-0.4, -0.2) is 11.9 Å². The Morgan fingerprint density at radius 2 is 1.29 bits per heavy atom. The highest BCUT2D eigenvalue weighted by Crippen LogP contribution is 2.51. The largest absolute Gasteiger partial charge is 0.427 e. The molecular formula is C24H24O4. The molecule has 4 heteroatoms. The van der Waals surface area contributed by atoms with Gasteiger partial charge in [-0.15, -0.1) is 0 Å². The van der Waals surface area contributed by atoms with E-state index in [0.717, 1.165) is 23.5 Å². The van der Waals surface area contributed by atoms with Gasteiger partial charge >= 0.3 is 11.9 Å². The Hall–Kier alpha value is -2.88. The molecule has 0 unspecified atom stereocenters. The molecule has 0 spiro atoms. The first-order valence-electron chi connectivity index (χ1n) is 9.80. The fraction of sp³-hybridized carbons (Fsp3) is 0.333. The minimum Gasteiger partial charge on any atom is -0.427 e. The fourth-order valence-electron chi connectivity index (χ4n) is 4.61. The summed E-state index contributed by atoms with van der Waals surface area (Å²) in [4.78, 5) is 22.4. The van der Waals surface area contributed by atoms with E-state index in [4.69, 9.17) is 9.47 Å². The molecule has 2 aliphatic carbocycles. The maximum absolute atomic E-state index is 11.2. The smallest absolute Gasteiger partial charge is 0.308 e. The number of fused-ring (bicyclic) bond motifs is 2. The third kappa shape index (κ3) is 3.86. The average molecular weight is 376 g/mol. The van der Waals surface area contributed by atoms with E-state index in [9.17, 15) is 9.59 Å². The summed E-state index contributed by atoms with van der Waals surface area (Å²) in [6, 6.07) is 15.5. The van der Waals surface area contributed by atoms with Crippen molar-refractivity contribution in [2.75, 3.05) is 0 Å². The van der Waals surface area contributed by atoms with Gasteiger partial charge in [-0.2, -0.15) is 0 Å². The standard InChI is InChI=1S/C24H24O4/c1-15(25)27-21-9-5-18(6-10-21)24(23-14-17-3-4-20(23)13-17)19-7-11-22(12-8-19)28-16(2)26/h5-12,17,20H,3-4,13-14H2,1-2H3/t17-,20-/m1/s1. The molecule has 0 aliphatic heterocycles. The maximum Gasteiger partial charge on any atom is 0.308 e. The number of hydrogen-bond donors (Lipinski definition) is 0. The summed E-state index contributed by atoms with van der Waals surface area (Å²) in [6.45, 7) is 2.81. The first-order chi connectivity index (χ1) is 13.5. The van der Waals surface area contributed by atoms with E-state index in [1.807, 2.05) is 48.5 Å². The van der Waals surface area contributed by atoms with Crippen LogP contribution in [0, 0.1) is 11.8 Å². The van der Waals surface area contributed by atoms with Crippen molar-refractivity contribution in [3.8, 4) is 11.5 Å². The number of benzene rings is 2. The van der Waals surface area contributed by atoms with E-state index in [2.05, 4.69) is 0 Å². The number of allylic oxidation sites excluding steroid dienone is 1. The summed E-state index contributed by atoms with van der Waals surface area (Å²) in [5, 5.41) is 0. The number of ether oxygens (including phenoxy) is 2. The van der Waals surface area contributed by atoms with Crippen LogP contribution in [0.25, 0.3) is 5.57 Å². The number of carbonyl (C=O) groups is 2. The van der Waals surface area contributed by atoms with Gasteiger partial charge in [0.25, 0.3) is 0 Å². The summed E-state index contributed by atoms with van der Waals surface area (Å²) >= 11 is 0. The van der Waals surface area contributed by atoms with Gasteiger partial charge < -0.3 is 9.47 Å². The van der Waals surface area contributed by atoms with E-state index < -0.39 is 0 Å². The van der Waals surface area contributed by atoms with Crippen molar-refractivity contribution in [3.63, 3.8) is 0 Å². The van der Waals surface area contributed by atoms with Gasteiger partial charge in [0, 0.05) is 13.8 Å². The zero-order valence-electron chi connectivity index (χ0n) is 16.2. The van der Waals surface area contributed by atoms with E-state index in [1.165, 1.54) is 44.3 Å². The predicted octanol–water partition coefficient (Wildman–Crippen LogP) is 5.16. The molecule has 2 aromatic rings. The molecule has 4 rings (SSSR count). The van der Waals surface area contributed by atoms with Crippen LogP contribution in [0.2, 0.25) is 0 Å². The van der Waals surface area contributed by atoms with Crippen molar-refractivity contribution in [3.05, 3.63) is 65.2 Å². The van der Waals surface area contributed by atoms with Crippen LogP contribution in [0.15, 0.2) is 54.1 Å². The van der Waals surface area contributed by atoms with Gasteiger partial charge in [0.05, 0.1) is 0 Å². The molecular weight excluding hydrogens is 352 g/mol. The van der Waals surface area contributed by atoms with Crippen molar-refractivity contribution in [2.24, 2.45) is 11.8 Å². The van der Waals surface area contributed by atoms with Gasteiger partial charge in [-0.3, -0.25) is 9.59 Å². The molecule has 0 amide bonds. The van der Waals surface area contributed by atoms with Gasteiger partial charge in [-0.05, 0) is 78.5 Å². The average Bonchev–Trinajstić information content (AvgIpc) is 3.27. The second-order valence-corrected chi connectivity index (χ2v) is 7.72. The second-order valence-electron chi connectivity index (χ2n) is 7.72. The lowest BCUT2D eigenvalue weighted by molar-refractivity contribution is -0.132. The van der Waals surface area contributed by atoms with Crippen molar-refractivity contribution in [1.29, 1.82) is 0 Å². The zero-order chi connectivity index (χ0) is 19.7. The lowest BCUT2D eigenvalue weighted by Crippen LogP contribution is -2.05. The molecule has 144 valence electrons. The summed E-state index contributed by atoms with van der Waals surface area (Å²) in [5.41, 5.74) is 5.03. The van der Waals surface area contributed by atoms with Crippen LogP contribution in [0.5, 0.6) is 11.5 Å². The molecule has 2 aliphatic rings. The zero-order valence-corrected chi connectivity index (χ0v) is 16.2. The minimum absolute atomic E-state index is 0.319. The molecule has 2 fully saturated rings. The lowest BCUT2D eigenvalue weighted by atomic mass is 9.84. The Kier molecular flexibility index (Phi) is 5.03. The van der Waals surface area contributed by atoms with Crippen LogP contribution in [-0.2, 0) is 9.59 Å². The molecule has 0 radical (unpaired) electrons. The summed E-state index contributed by atoms with van der Waals surface area (Å²) < 4.78 is 10.4. The highest BCUT2D eigenvalue weighted by Gasteiger charge is 2.37. The SMILES string of the molecule is CC(=O)Oc1ccc(C(=C2C[C@@H]3CC[C@@H]2C3)c2ccc(OC(C)=O)cc2)cc1. The Balaban J connectivity index is 1.72. The Labute approximate surface area is 165 Å². The predicted molar refractivity (Wildman–Crippen MR) is 107 cm³/mol. The Bertz CT molecular complexity index is 861.